The molecule has 0 aromatic carbocycles. The quantitative estimate of drug-likeness (QED) is 0.592. The number of hydrogen-bond acceptors (Lipinski definition) is 2. The van der Waals surface area contributed by atoms with Crippen molar-refractivity contribution in [3.8, 4) is 0 Å². The summed E-state index contributed by atoms with van der Waals surface area (Å²) < 4.78 is 31.0. The van der Waals surface area contributed by atoms with E-state index in [-0.39, 0.29) is 11.6 Å². The maximum absolute atomic E-state index is 12.3. The Morgan fingerprint density at radius 3 is 2.27 bits per heavy atom. The third-order valence-corrected chi connectivity index (χ3v) is 0.942. The Balaban J connectivity index is 0.000000292. The largest absolute Gasteiger partial charge is 0.259 e. The van der Waals surface area contributed by atoms with Gasteiger partial charge in [0.05, 0.1) is 5.69 Å². The van der Waals surface area contributed by atoms with E-state index in [4.69, 9.17) is 0 Å². The third-order valence-electron chi connectivity index (χ3n) is 0.942. The molecule has 0 saturated carbocycles. The molecule has 1 rings (SSSR count). The molecule has 0 unspecified atom stereocenters. The Labute approximate surface area is 61.9 Å². The van der Waals surface area contributed by atoms with Gasteiger partial charge in [-0.2, -0.15) is 0 Å². The summed E-state index contributed by atoms with van der Waals surface area (Å²) in [4.78, 5) is 3.70. The minimum absolute atomic E-state index is 0.243. The molecule has 2 nitrogen and oxygen atoms in total. The van der Waals surface area contributed by atoms with Crippen LogP contribution in [0.5, 0.6) is 0 Å². The predicted octanol–water partition coefficient (Wildman–Crippen LogP) is 1.87. The molecule has 0 aliphatic heterocycles. The first-order chi connectivity index (χ1) is 5.22. The fourth-order valence-electron chi connectivity index (χ4n) is 0.465. The lowest BCUT2D eigenvalue weighted by molar-refractivity contribution is 0.130. The van der Waals surface area contributed by atoms with Gasteiger partial charge in [-0.25, -0.2) is 4.39 Å². The lowest BCUT2D eigenvalue weighted by atomic mass is 10.4. The Morgan fingerprint density at radius 2 is 2.00 bits per heavy atom. The van der Waals surface area contributed by atoms with E-state index in [0.717, 1.165) is 0 Å². The van der Waals surface area contributed by atoms with Gasteiger partial charge in [-0.15, -0.1) is 8.96 Å². The smallest absolute Gasteiger partial charge is 0.144 e. The molecule has 0 aliphatic rings. The van der Waals surface area contributed by atoms with Crippen LogP contribution in [-0.2, 0) is 0 Å². The van der Waals surface area contributed by atoms with Crippen LogP contribution in [0.25, 0.3) is 0 Å². The Morgan fingerprint density at radius 1 is 1.45 bits per heavy atom. The van der Waals surface area contributed by atoms with Gasteiger partial charge in [0, 0.05) is 12.0 Å². The summed E-state index contributed by atoms with van der Waals surface area (Å²) >= 11 is 0. The van der Waals surface area contributed by atoms with E-state index in [1.54, 1.807) is 19.2 Å². The second-order valence-corrected chi connectivity index (χ2v) is 1.64. The van der Waals surface area contributed by atoms with Crippen LogP contribution in [0, 0.1) is 12.7 Å². The van der Waals surface area contributed by atoms with Crippen LogP contribution < -0.4 is 5.76 Å². The van der Waals surface area contributed by atoms with Crippen molar-refractivity contribution < 1.29 is 13.4 Å². The van der Waals surface area contributed by atoms with Gasteiger partial charge in [-0.3, -0.25) is 4.98 Å². The maximum Gasteiger partial charge on any atom is 0.144 e. The van der Waals surface area contributed by atoms with E-state index >= 15 is 0 Å². The monoisotopic (exact) mass is 164 g/mol. The molecule has 1 N–H and O–H groups in total. The van der Waals surface area contributed by atoms with E-state index in [9.17, 15) is 13.4 Å². The fourth-order valence-corrected chi connectivity index (χ4v) is 0.465. The minimum atomic E-state index is -0.250. The molecular weight excluding hydrogens is 157 g/mol. The third kappa shape index (κ3) is 4.32. The zero-order valence-electron chi connectivity index (χ0n) is 5.81. The van der Waals surface area contributed by atoms with Gasteiger partial charge >= 0.3 is 0 Å². The molecule has 0 aliphatic carbocycles. The average Bonchev–Trinajstić information content (AvgIpc) is 1.97. The van der Waals surface area contributed by atoms with E-state index in [2.05, 4.69) is 4.98 Å². The van der Waals surface area contributed by atoms with Gasteiger partial charge in [0.25, 0.3) is 0 Å². The van der Waals surface area contributed by atoms with Crippen LogP contribution >= 0.6 is 0 Å². The predicted molar refractivity (Wildman–Crippen MR) is 34.3 cm³/mol. The Hall–Kier alpha value is -1.10. The molecule has 5 heteroatoms. The van der Waals surface area contributed by atoms with Crippen molar-refractivity contribution in [2.45, 2.75) is 6.92 Å². The van der Waals surface area contributed by atoms with Gasteiger partial charge in [-0.05, 0) is 19.1 Å². The van der Waals surface area contributed by atoms with E-state index in [1.165, 1.54) is 6.07 Å². The van der Waals surface area contributed by atoms with Gasteiger partial charge < -0.3 is 0 Å². The number of pyridine rings is 1. The van der Waals surface area contributed by atoms with Crippen molar-refractivity contribution >= 4 is 0 Å². The van der Waals surface area contributed by atoms with Crippen LogP contribution in [0.15, 0.2) is 18.3 Å². The molecule has 1 aromatic heterocycles. The van der Waals surface area contributed by atoms with Crippen molar-refractivity contribution in [3.05, 3.63) is 29.8 Å². The van der Waals surface area contributed by atoms with Crippen LogP contribution in [0.4, 0.5) is 13.4 Å². The molecule has 62 valence electrons. The highest BCUT2D eigenvalue weighted by Crippen LogP contribution is 1.97. The molecule has 0 fully saturated rings. The molecule has 0 atom stereocenters. The number of halogens is 3. The topological polar surface area (TPSA) is 24.9 Å². The Bertz CT molecular complexity index is 184. The first-order valence-electron chi connectivity index (χ1n) is 2.75. The van der Waals surface area contributed by atoms with Gasteiger partial charge in [0.15, 0.2) is 0 Å². The normalized spacial score (nSPS) is 8.36. The number of nitrogens with zero attached hydrogens (tertiary/aromatic N) is 1. The highest BCUT2D eigenvalue weighted by atomic mass is 19.4. The molecular formula is C6H7F3N2. The average molecular weight is 164 g/mol. The highest BCUT2D eigenvalue weighted by Gasteiger charge is 1.90. The van der Waals surface area contributed by atoms with E-state index in [1.807, 2.05) is 0 Å². The SMILES string of the molecule is Cc1ncccc1F.FNF. The summed E-state index contributed by atoms with van der Waals surface area (Å²) in [5, 5.41) is 0. The van der Waals surface area contributed by atoms with E-state index < -0.39 is 0 Å². The van der Waals surface area contributed by atoms with Gasteiger partial charge in [0.2, 0.25) is 0 Å². The summed E-state index contributed by atoms with van der Waals surface area (Å²) in [5.41, 5.74) is 0.451. The summed E-state index contributed by atoms with van der Waals surface area (Å²) in [5.74, 6) is -0.493. The summed E-state index contributed by atoms with van der Waals surface area (Å²) in [7, 11) is 0. The lowest BCUT2D eigenvalue weighted by Gasteiger charge is -1.88. The second kappa shape index (κ2) is 5.67. The van der Waals surface area contributed by atoms with Crippen molar-refractivity contribution in [2.75, 3.05) is 0 Å². The minimum Gasteiger partial charge on any atom is -0.259 e. The molecule has 0 amide bonds. The maximum atomic E-state index is 12.3. The van der Waals surface area contributed by atoms with Crippen LogP contribution in [0.3, 0.4) is 0 Å². The molecule has 0 bridgehead atoms. The standard InChI is InChI=1S/C6H6FN.F2HN/c1-5-6(7)3-2-4-8-5;1-3-2/h2-4H,1H3;3H. The molecule has 11 heavy (non-hydrogen) atoms. The molecule has 1 heterocycles. The molecule has 0 saturated heterocycles. The molecule has 0 spiro atoms. The Kier molecular flexibility index (Phi) is 5.10. The zero-order valence-corrected chi connectivity index (χ0v) is 5.81. The first-order valence-corrected chi connectivity index (χ1v) is 2.75. The van der Waals surface area contributed by atoms with Crippen LogP contribution in [0.2, 0.25) is 0 Å². The second-order valence-electron chi connectivity index (χ2n) is 1.64. The highest BCUT2D eigenvalue weighted by molar-refractivity contribution is 5.03. The van der Waals surface area contributed by atoms with Gasteiger partial charge in [-0.1, -0.05) is 0 Å². The van der Waals surface area contributed by atoms with Crippen molar-refractivity contribution in [2.24, 2.45) is 0 Å². The number of nitrogens with one attached hydrogen (secondary N) is 1. The van der Waals surface area contributed by atoms with E-state index in [0.29, 0.717) is 5.69 Å². The molecule has 0 radical (unpaired) electrons. The summed E-state index contributed by atoms with van der Waals surface area (Å²) in [6, 6.07) is 2.96. The van der Waals surface area contributed by atoms with Gasteiger partial charge in [0.1, 0.15) is 5.82 Å². The number of aromatic nitrogens is 1. The number of aryl methyl sites for hydroxylation is 1. The first kappa shape index (κ1) is 9.90. The summed E-state index contributed by atoms with van der Waals surface area (Å²) in [6.07, 6.45) is 1.57. The zero-order chi connectivity index (χ0) is 8.69. The van der Waals surface area contributed by atoms with Crippen molar-refractivity contribution in [1.82, 2.24) is 10.7 Å². The number of rotatable bonds is 0. The van der Waals surface area contributed by atoms with Crippen molar-refractivity contribution in [1.29, 1.82) is 0 Å². The summed E-state index contributed by atoms with van der Waals surface area (Å²) in [6.45, 7) is 1.63. The van der Waals surface area contributed by atoms with Crippen molar-refractivity contribution in [3.63, 3.8) is 0 Å². The molecule has 1 aromatic rings. The number of hydrogen-bond donors (Lipinski definition) is 1. The fraction of sp³-hybridized carbons (Fsp3) is 0.167. The van der Waals surface area contributed by atoms with Crippen LogP contribution in [0.1, 0.15) is 5.69 Å². The van der Waals surface area contributed by atoms with Crippen LogP contribution in [-0.4, -0.2) is 4.98 Å². The lowest BCUT2D eigenvalue weighted by Crippen LogP contribution is -1.82.